The van der Waals surface area contributed by atoms with Crippen LogP contribution in [0.4, 0.5) is 0 Å². The summed E-state index contributed by atoms with van der Waals surface area (Å²) in [6.07, 6.45) is -0.846. The van der Waals surface area contributed by atoms with Crippen molar-refractivity contribution < 1.29 is 14.9 Å². The van der Waals surface area contributed by atoms with Crippen molar-refractivity contribution in [3.63, 3.8) is 0 Å². The van der Waals surface area contributed by atoms with Crippen molar-refractivity contribution in [3.05, 3.63) is 29.8 Å². The van der Waals surface area contributed by atoms with E-state index in [1.54, 1.807) is 6.07 Å². The van der Waals surface area contributed by atoms with Crippen molar-refractivity contribution >= 4 is 0 Å². The summed E-state index contributed by atoms with van der Waals surface area (Å²) in [4.78, 5) is 0. The summed E-state index contributed by atoms with van der Waals surface area (Å²) in [6, 6.07) is 7.35. The van der Waals surface area contributed by atoms with Crippen LogP contribution in [-0.4, -0.2) is 29.5 Å². The Hall–Kier alpha value is -1.10. The molecule has 0 saturated carbocycles. The highest BCUT2D eigenvalue weighted by Gasteiger charge is 2.05. The Morgan fingerprint density at radius 1 is 1.36 bits per heavy atom. The van der Waals surface area contributed by atoms with Gasteiger partial charge in [-0.05, 0) is 6.07 Å². The van der Waals surface area contributed by atoms with Gasteiger partial charge in [-0.1, -0.05) is 18.2 Å². The smallest absolute Gasteiger partial charge is 0.123 e. The minimum Gasteiger partial charge on any atom is -0.490 e. The number of hydrogen-bond donors (Lipinski definition) is 3. The third-order valence-corrected chi connectivity index (χ3v) is 1.83. The molecule has 4 N–H and O–H groups in total. The van der Waals surface area contributed by atoms with E-state index in [4.69, 9.17) is 20.7 Å². The number of benzene rings is 1. The molecular formula is C10H15NO3. The van der Waals surface area contributed by atoms with Crippen LogP contribution in [0.25, 0.3) is 0 Å². The second-order valence-corrected chi connectivity index (χ2v) is 2.96. The lowest BCUT2D eigenvalue weighted by molar-refractivity contribution is 0.0533. The molecule has 0 aliphatic carbocycles. The maximum atomic E-state index is 9.08. The number of aliphatic hydroxyl groups excluding tert-OH is 2. The maximum absolute atomic E-state index is 9.08. The van der Waals surface area contributed by atoms with Crippen LogP contribution in [-0.2, 0) is 6.54 Å². The van der Waals surface area contributed by atoms with Gasteiger partial charge in [0.2, 0.25) is 0 Å². The standard InChI is InChI=1S/C10H15NO3/c11-5-8-3-1-2-4-10(8)14-7-9(13)6-12/h1-4,9,12-13H,5-7,11H2. The Kier molecular flexibility index (Phi) is 4.39. The van der Waals surface area contributed by atoms with Crippen molar-refractivity contribution in [1.82, 2.24) is 0 Å². The molecule has 1 atom stereocenters. The Morgan fingerprint density at radius 2 is 2.07 bits per heavy atom. The lowest BCUT2D eigenvalue weighted by atomic mass is 10.2. The van der Waals surface area contributed by atoms with Crippen LogP contribution in [0, 0.1) is 0 Å². The van der Waals surface area contributed by atoms with Crippen LogP contribution in [0.3, 0.4) is 0 Å². The average Bonchev–Trinajstić information content (AvgIpc) is 2.26. The third kappa shape index (κ3) is 2.99. The number of para-hydroxylation sites is 1. The zero-order chi connectivity index (χ0) is 10.4. The van der Waals surface area contributed by atoms with Crippen LogP contribution >= 0.6 is 0 Å². The molecule has 1 aromatic carbocycles. The predicted octanol–water partition coefficient (Wildman–Crippen LogP) is -0.123. The molecule has 1 unspecified atom stereocenters. The van der Waals surface area contributed by atoms with Crippen LogP contribution in [0.2, 0.25) is 0 Å². The summed E-state index contributed by atoms with van der Waals surface area (Å²) in [6.45, 7) is 0.170. The fraction of sp³-hybridized carbons (Fsp3) is 0.400. The topological polar surface area (TPSA) is 75.7 Å². The molecule has 0 heterocycles. The lowest BCUT2D eigenvalue weighted by Gasteiger charge is -2.12. The highest BCUT2D eigenvalue weighted by atomic mass is 16.5. The average molecular weight is 197 g/mol. The molecule has 0 radical (unpaired) electrons. The fourth-order valence-electron chi connectivity index (χ4n) is 1.05. The van der Waals surface area contributed by atoms with Gasteiger partial charge in [0.25, 0.3) is 0 Å². The molecule has 0 saturated heterocycles. The van der Waals surface area contributed by atoms with Crippen molar-refractivity contribution in [2.75, 3.05) is 13.2 Å². The van der Waals surface area contributed by atoms with Crippen LogP contribution in [0.15, 0.2) is 24.3 Å². The van der Waals surface area contributed by atoms with Gasteiger partial charge in [-0.15, -0.1) is 0 Å². The van der Waals surface area contributed by atoms with E-state index in [2.05, 4.69) is 0 Å². The highest BCUT2D eigenvalue weighted by Crippen LogP contribution is 2.16. The molecule has 0 aliphatic rings. The molecule has 0 spiro atoms. The van der Waals surface area contributed by atoms with E-state index < -0.39 is 6.10 Å². The molecule has 4 nitrogen and oxygen atoms in total. The quantitative estimate of drug-likeness (QED) is 0.615. The Bertz CT molecular complexity index is 278. The summed E-state index contributed by atoms with van der Waals surface area (Å²) >= 11 is 0. The Labute approximate surface area is 82.9 Å². The minimum atomic E-state index is -0.846. The van der Waals surface area contributed by atoms with Gasteiger partial charge in [-0.2, -0.15) is 0 Å². The molecule has 0 amide bonds. The molecule has 0 bridgehead atoms. The molecule has 0 fully saturated rings. The Balaban J connectivity index is 2.57. The van der Waals surface area contributed by atoms with Crippen LogP contribution in [0.1, 0.15) is 5.56 Å². The minimum absolute atomic E-state index is 0.0769. The zero-order valence-electron chi connectivity index (χ0n) is 7.89. The highest BCUT2D eigenvalue weighted by molar-refractivity contribution is 5.32. The van der Waals surface area contributed by atoms with E-state index in [0.29, 0.717) is 12.3 Å². The van der Waals surface area contributed by atoms with E-state index in [-0.39, 0.29) is 13.2 Å². The lowest BCUT2D eigenvalue weighted by Crippen LogP contribution is -2.21. The van der Waals surface area contributed by atoms with Gasteiger partial charge in [0.1, 0.15) is 18.5 Å². The van der Waals surface area contributed by atoms with Crippen molar-refractivity contribution in [2.24, 2.45) is 5.73 Å². The molecule has 0 aliphatic heterocycles. The van der Waals surface area contributed by atoms with E-state index in [1.807, 2.05) is 18.2 Å². The summed E-state index contributed by atoms with van der Waals surface area (Å²) < 4.78 is 5.29. The first-order chi connectivity index (χ1) is 6.77. The third-order valence-electron chi connectivity index (χ3n) is 1.83. The molecule has 0 aromatic heterocycles. The fourth-order valence-corrected chi connectivity index (χ4v) is 1.05. The normalized spacial score (nSPS) is 12.5. The first-order valence-electron chi connectivity index (χ1n) is 4.47. The first kappa shape index (κ1) is 11.0. The second kappa shape index (κ2) is 5.59. The van der Waals surface area contributed by atoms with Gasteiger partial charge in [-0.25, -0.2) is 0 Å². The van der Waals surface area contributed by atoms with Crippen molar-refractivity contribution in [3.8, 4) is 5.75 Å². The molecule has 14 heavy (non-hydrogen) atoms. The molecule has 1 aromatic rings. The molecule has 1 rings (SSSR count). The monoisotopic (exact) mass is 197 g/mol. The molecule has 4 heteroatoms. The van der Waals surface area contributed by atoms with Crippen LogP contribution < -0.4 is 10.5 Å². The zero-order valence-corrected chi connectivity index (χ0v) is 7.89. The van der Waals surface area contributed by atoms with E-state index >= 15 is 0 Å². The van der Waals surface area contributed by atoms with Gasteiger partial charge < -0.3 is 20.7 Å². The summed E-state index contributed by atoms with van der Waals surface area (Å²) in [5, 5.41) is 17.7. The van der Waals surface area contributed by atoms with Gasteiger partial charge in [0.05, 0.1) is 6.61 Å². The van der Waals surface area contributed by atoms with E-state index in [0.717, 1.165) is 5.56 Å². The second-order valence-electron chi connectivity index (χ2n) is 2.96. The van der Waals surface area contributed by atoms with E-state index in [9.17, 15) is 0 Å². The Morgan fingerprint density at radius 3 is 2.71 bits per heavy atom. The number of ether oxygens (including phenoxy) is 1. The van der Waals surface area contributed by atoms with Gasteiger partial charge in [0.15, 0.2) is 0 Å². The molecule has 78 valence electrons. The maximum Gasteiger partial charge on any atom is 0.123 e. The van der Waals surface area contributed by atoms with Gasteiger partial charge in [0, 0.05) is 12.1 Å². The number of nitrogens with two attached hydrogens (primary N) is 1. The first-order valence-corrected chi connectivity index (χ1v) is 4.47. The SMILES string of the molecule is NCc1ccccc1OCC(O)CO. The summed E-state index contributed by atoms with van der Waals surface area (Å²) in [5.74, 6) is 0.655. The molecular weight excluding hydrogens is 182 g/mol. The largest absolute Gasteiger partial charge is 0.490 e. The van der Waals surface area contributed by atoms with E-state index in [1.165, 1.54) is 0 Å². The van der Waals surface area contributed by atoms with Crippen molar-refractivity contribution in [1.29, 1.82) is 0 Å². The van der Waals surface area contributed by atoms with Crippen LogP contribution in [0.5, 0.6) is 5.75 Å². The number of hydrogen-bond acceptors (Lipinski definition) is 4. The van der Waals surface area contributed by atoms with Crippen molar-refractivity contribution in [2.45, 2.75) is 12.6 Å². The number of aliphatic hydroxyl groups is 2. The number of rotatable bonds is 5. The van der Waals surface area contributed by atoms with Gasteiger partial charge >= 0.3 is 0 Å². The summed E-state index contributed by atoms with van der Waals surface area (Å²) in [7, 11) is 0. The van der Waals surface area contributed by atoms with Gasteiger partial charge in [-0.3, -0.25) is 0 Å². The summed E-state index contributed by atoms with van der Waals surface area (Å²) in [5.41, 5.74) is 6.38. The predicted molar refractivity (Wildman–Crippen MR) is 52.9 cm³/mol.